The van der Waals surface area contributed by atoms with Crippen molar-refractivity contribution in [1.82, 2.24) is 5.32 Å². The second-order valence-corrected chi connectivity index (χ2v) is 6.24. The van der Waals surface area contributed by atoms with Crippen LogP contribution in [0.3, 0.4) is 0 Å². The van der Waals surface area contributed by atoms with E-state index in [4.69, 9.17) is 5.73 Å². The predicted molar refractivity (Wildman–Crippen MR) is 62.7 cm³/mol. The van der Waals surface area contributed by atoms with Gasteiger partial charge in [0.15, 0.2) is 0 Å². The van der Waals surface area contributed by atoms with E-state index in [0.717, 1.165) is 37.0 Å². The van der Waals surface area contributed by atoms with E-state index in [2.05, 4.69) is 5.32 Å². The third kappa shape index (κ3) is 1.56. The Morgan fingerprint density at radius 2 is 1.62 bits per heavy atom. The van der Waals surface area contributed by atoms with Gasteiger partial charge in [-0.15, -0.1) is 0 Å². The number of carbonyl (C=O) groups is 1. The first-order valence-corrected chi connectivity index (χ1v) is 6.70. The van der Waals surface area contributed by atoms with E-state index in [1.54, 1.807) is 0 Å². The number of hydrogen-bond donors (Lipinski definition) is 2. The first-order chi connectivity index (χ1) is 7.72. The quantitative estimate of drug-likeness (QED) is 0.755. The minimum Gasteiger partial charge on any atom is -0.354 e. The van der Waals surface area contributed by atoms with Crippen molar-refractivity contribution in [3.05, 3.63) is 0 Å². The molecule has 90 valence electrons. The summed E-state index contributed by atoms with van der Waals surface area (Å²) in [6.07, 6.45) is 7.62. The lowest BCUT2D eigenvalue weighted by atomic mass is 9.49. The van der Waals surface area contributed by atoms with E-state index in [-0.39, 0.29) is 5.41 Å². The molecule has 0 unspecified atom stereocenters. The molecule has 1 amide bonds. The fourth-order valence-corrected chi connectivity index (χ4v) is 4.76. The van der Waals surface area contributed by atoms with Crippen molar-refractivity contribution in [3.8, 4) is 0 Å². The molecule has 0 radical (unpaired) electrons. The fraction of sp³-hybridized carbons (Fsp3) is 0.923. The molecule has 3 heteroatoms. The molecule has 0 aromatic carbocycles. The summed E-state index contributed by atoms with van der Waals surface area (Å²) in [4.78, 5) is 12.3. The van der Waals surface area contributed by atoms with E-state index >= 15 is 0 Å². The van der Waals surface area contributed by atoms with Crippen LogP contribution in [0.4, 0.5) is 0 Å². The minimum absolute atomic E-state index is 0.00389. The van der Waals surface area contributed by atoms with Crippen molar-refractivity contribution in [2.75, 3.05) is 13.1 Å². The topological polar surface area (TPSA) is 55.1 Å². The highest BCUT2D eigenvalue weighted by molar-refractivity contribution is 5.83. The lowest BCUT2D eigenvalue weighted by molar-refractivity contribution is -0.146. The van der Waals surface area contributed by atoms with Crippen LogP contribution in [0.25, 0.3) is 0 Å². The van der Waals surface area contributed by atoms with Gasteiger partial charge in [0.2, 0.25) is 5.91 Å². The molecule has 4 bridgehead atoms. The van der Waals surface area contributed by atoms with Crippen LogP contribution in [0, 0.1) is 23.2 Å². The average molecular weight is 222 g/mol. The van der Waals surface area contributed by atoms with E-state index in [0.29, 0.717) is 19.0 Å². The molecule has 4 aliphatic rings. The van der Waals surface area contributed by atoms with Gasteiger partial charge in [-0.3, -0.25) is 4.79 Å². The van der Waals surface area contributed by atoms with Crippen molar-refractivity contribution >= 4 is 5.91 Å². The van der Waals surface area contributed by atoms with Crippen LogP contribution in [0.2, 0.25) is 0 Å². The van der Waals surface area contributed by atoms with Gasteiger partial charge in [0, 0.05) is 18.5 Å². The van der Waals surface area contributed by atoms with Crippen LogP contribution in [0.1, 0.15) is 38.5 Å². The lowest BCUT2D eigenvalue weighted by Crippen LogP contribution is -2.54. The Morgan fingerprint density at radius 3 is 2.06 bits per heavy atom. The van der Waals surface area contributed by atoms with E-state index < -0.39 is 0 Å². The van der Waals surface area contributed by atoms with Crippen LogP contribution in [0.15, 0.2) is 0 Å². The zero-order valence-corrected chi connectivity index (χ0v) is 9.87. The average Bonchev–Trinajstić information content (AvgIpc) is 2.24. The highest BCUT2D eigenvalue weighted by Gasteiger charge is 2.54. The van der Waals surface area contributed by atoms with Gasteiger partial charge in [0.25, 0.3) is 0 Å². The molecule has 3 N–H and O–H groups in total. The maximum absolute atomic E-state index is 12.3. The summed E-state index contributed by atoms with van der Waals surface area (Å²) in [6, 6.07) is 0. The van der Waals surface area contributed by atoms with Gasteiger partial charge in [-0.05, 0) is 56.3 Å². The van der Waals surface area contributed by atoms with Crippen LogP contribution < -0.4 is 11.1 Å². The van der Waals surface area contributed by atoms with Crippen LogP contribution >= 0.6 is 0 Å². The van der Waals surface area contributed by atoms with Crippen LogP contribution in [-0.4, -0.2) is 19.0 Å². The Bertz CT molecular complexity index is 265. The Hall–Kier alpha value is -0.570. The van der Waals surface area contributed by atoms with E-state index in [1.807, 2.05) is 0 Å². The number of hydrogen-bond acceptors (Lipinski definition) is 2. The van der Waals surface area contributed by atoms with Gasteiger partial charge in [-0.2, -0.15) is 0 Å². The number of nitrogens with two attached hydrogens (primary N) is 1. The van der Waals surface area contributed by atoms with Crippen molar-refractivity contribution in [1.29, 1.82) is 0 Å². The highest BCUT2D eigenvalue weighted by atomic mass is 16.2. The minimum atomic E-state index is 0.00389. The Kier molecular flexibility index (Phi) is 2.46. The molecule has 0 heterocycles. The van der Waals surface area contributed by atoms with Gasteiger partial charge in [0.05, 0.1) is 0 Å². The summed E-state index contributed by atoms with van der Waals surface area (Å²) in [6.45, 7) is 1.19. The molecule has 4 saturated carbocycles. The van der Waals surface area contributed by atoms with Crippen molar-refractivity contribution in [2.24, 2.45) is 28.9 Å². The lowest BCUT2D eigenvalue weighted by Gasteiger charge is -2.55. The summed E-state index contributed by atoms with van der Waals surface area (Å²) in [5.74, 6) is 2.83. The molecule has 3 nitrogen and oxygen atoms in total. The summed E-state index contributed by atoms with van der Waals surface area (Å²) in [7, 11) is 0. The normalized spacial score (nSPS) is 44.7. The number of rotatable bonds is 3. The van der Waals surface area contributed by atoms with Crippen molar-refractivity contribution in [3.63, 3.8) is 0 Å². The fourth-order valence-electron chi connectivity index (χ4n) is 4.76. The SMILES string of the molecule is NCCNC(=O)C12CC3CC(CC(C3)C1)C2. The van der Waals surface area contributed by atoms with Crippen molar-refractivity contribution in [2.45, 2.75) is 38.5 Å². The summed E-state index contributed by atoms with van der Waals surface area (Å²) < 4.78 is 0. The standard InChI is InChI=1S/C13H22N2O/c14-1-2-15-12(16)13-6-9-3-10(7-13)5-11(4-9)8-13/h9-11H,1-8,14H2,(H,15,16). The molecule has 16 heavy (non-hydrogen) atoms. The molecule has 4 rings (SSSR count). The molecule has 0 saturated heterocycles. The van der Waals surface area contributed by atoms with Gasteiger partial charge >= 0.3 is 0 Å². The summed E-state index contributed by atoms with van der Waals surface area (Å²) in [5.41, 5.74) is 5.46. The third-order valence-corrected chi connectivity index (χ3v) is 4.95. The molecule has 0 aromatic heterocycles. The first kappa shape index (κ1) is 10.6. The van der Waals surface area contributed by atoms with Crippen LogP contribution in [0.5, 0.6) is 0 Å². The molecule has 0 atom stereocenters. The summed E-state index contributed by atoms with van der Waals surface area (Å²) >= 11 is 0. The predicted octanol–water partition coefficient (Wildman–Crippen LogP) is 1.28. The molecule has 0 spiro atoms. The monoisotopic (exact) mass is 222 g/mol. The van der Waals surface area contributed by atoms with Gasteiger partial charge in [-0.1, -0.05) is 0 Å². The maximum atomic E-state index is 12.3. The van der Waals surface area contributed by atoms with Crippen LogP contribution in [-0.2, 0) is 4.79 Å². The van der Waals surface area contributed by atoms with Crippen molar-refractivity contribution < 1.29 is 4.79 Å². The third-order valence-electron chi connectivity index (χ3n) is 4.95. The zero-order chi connectivity index (χ0) is 11.2. The first-order valence-electron chi connectivity index (χ1n) is 6.70. The number of amides is 1. The number of carbonyl (C=O) groups excluding carboxylic acids is 1. The molecule has 0 aliphatic heterocycles. The Balaban J connectivity index is 1.75. The molecule has 0 aromatic rings. The smallest absolute Gasteiger partial charge is 0.226 e. The molecule has 4 aliphatic carbocycles. The maximum Gasteiger partial charge on any atom is 0.226 e. The van der Waals surface area contributed by atoms with E-state index in [1.165, 1.54) is 19.3 Å². The molecular formula is C13H22N2O. The number of nitrogens with one attached hydrogen (secondary N) is 1. The second kappa shape index (κ2) is 3.73. The zero-order valence-electron chi connectivity index (χ0n) is 9.87. The highest BCUT2D eigenvalue weighted by Crippen LogP contribution is 2.59. The van der Waals surface area contributed by atoms with Gasteiger partial charge in [0.1, 0.15) is 0 Å². The molecule has 4 fully saturated rings. The van der Waals surface area contributed by atoms with E-state index in [9.17, 15) is 4.79 Å². The molecular weight excluding hydrogens is 200 g/mol. The Labute approximate surface area is 97.2 Å². The summed E-state index contributed by atoms with van der Waals surface area (Å²) in [5, 5.41) is 3.03. The second-order valence-electron chi connectivity index (χ2n) is 6.24. The van der Waals surface area contributed by atoms with Gasteiger partial charge in [-0.25, -0.2) is 0 Å². The largest absolute Gasteiger partial charge is 0.354 e. The van der Waals surface area contributed by atoms with Gasteiger partial charge < -0.3 is 11.1 Å². The Morgan fingerprint density at radius 1 is 1.12 bits per heavy atom.